The summed E-state index contributed by atoms with van der Waals surface area (Å²) in [5, 5.41) is 3.04. The van der Waals surface area contributed by atoms with Crippen molar-refractivity contribution in [2.24, 2.45) is 5.92 Å². The molecule has 1 aliphatic heterocycles. The van der Waals surface area contributed by atoms with E-state index in [0.29, 0.717) is 19.1 Å². The number of carbonyl (C=O) groups excluding carboxylic acids is 1. The number of hydrogen-bond acceptors (Lipinski definition) is 3. The standard InChI is InChI=1S/C25H29FN4O/c26-20-13-11-18(12-14-20)16-27-24(31)19-6-5-15-29(17-19)25-28-22-9-3-4-10-23(22)30(25)21-7-1-2-8-21/h3-4,9-14,19,21H,1-2,5-8,15-17H2,(H,27,31)/t19-/m1/s1. The van der Waals surface area contributed by atoms with Crippen LogP contribution in [-0.4, -0.2) is 28.5 Å². The van der Waals surface area contributed by atoms with Crippen LogP contribution in [0, 0.1) is 11.7 Å². The van der Waals surface area contributed by atoms with Crippen molar-refractivity contribution in [3.8, 4) is 0 Å². The summed E-state index contributed by atoms with van der Waals surface area (Å²) < 4.78 is 15.5. The lowest BCUT2D eigenvalue weighted by molar-refractivity contribution is -0.125. The molecule has 1 aliphatic carbocycles. The number of nitrogens with zero attached hydrogens (tertiary/aromatic N) is 3. The monoisotopic (exact) mass is 420 g/mol. The number of amides is 1. The number of para-hydroxylation sites is 2. The van der Waals surface area contributed by atoms with E-state index < -0.39 is 0 Å². The fourth-order valence-corrected chi connectivity index (χ4v) is 5.09. The van der Waals surface area contributed by atoms with Crippen molar-refractivity contribution in [3.63, 3.8) is 0 Å². The van der Waals surface area contributed by atoms with E-state index in [1.54, 1.807) is 12.1 Å². The number of imidazole rings is 1. The van der Waals surface area contributed by atoms with Gasteiger partial charge in [0.1, 0.15) is 5.82 Å². The summed E-state index contributed by atoms with van der Waals surface area (Å²) in [6.45, 7) is 2.04. The van der Waals surface area contributed by atoms with Crippen molar-refractivity contribution in [1.29, 1.82) is 0 Å². The molecule has 2 aliphatic rings. The van der Waals surface area contributed by atoms with Gasteiger partial charge in [-0.15, -0.1) is 0 Å². The summed E-state index contributed by atoms with van der Waals surface area (Å²) in [4.78, 5) is 20.2. The minimum atomic E-state index is -0.261. The number of fused-ring (bicyclic) bond motifs is 1. The summed E-state index contributed by atoms with van der Waals surface area (Å²) in [5.41, 5.74) is 3.14. The molecule has 6 heteroatoms. The maximum Gasteiger partial charge on any atom is 0.225 e. The Morgan fingerprint density at radius 3 is 2.61 bits per heavy atom. The van der Waals surface area contributed by atoms with Crippen LogP contribution in [0.15, 0.2) is 48.5 Å². The highest BCUT2D eigenvalue weighted by Gasteiger charge is 2.31. The fraction of sp³-hybridized carbons (Fsp3) is 0.440. The summed E-state index contributed by atoms with van der Waals surface area (Å²) in [7, 11) is 0. The minimum absolute atomic E-state index is 0.0639. The molecular formula is C25H29FN4O. The normalized spacial score (nSPS) is 19.8. The molecule has 2 fully saturated rings. The van der Waals surface area contributed by atoms with Gasteiger partial charge in [-0.1, -0.05) is 37.1 Å². The van der Waals surface area contributed by atoms with E-state index in [1.807, 2.05) is 6.07 Å². The molecule has 31 heavy (non-hydrogen) atoms. The predicted octanol–water partition coefficient (Wildman–Crippen LogP) is 4.82. The van der Waals surface area contributed by atoms with Crippen molar-refractivity contribution in [1.82, 2.24) is 14.9 Å². The second kappa shape index (κ2) is 8.69. The van der Waals surface area contributed by atoms with Crippen LogP contribution in [0.5, 0.6) is 0 Å². The summed E-state index contributed by atoms with van der Waals surface area (Å²) in [6.07, 6.45) is 6.79. The van der Waals surface area contributed by atoms with E-state index in [2.05, 4.69) is 33.0 Å². The lowest BCUT2D eigenvalue weighted by atomic mass is 9.97. The number of hydrogen-bond donors (Lipinski definition) is 1. The van der Waals surface area contributed by atoms with E-state index >= 15 is 0 Å². The molecule has 2 aromatic carbocycles. The van der Waals surface area contributed by atoms with Crippen LogP contribution in [0.1, 0.15) is 50.1 Å². The van der Waals surface area contributed by atoms with Gasteiger partial charge in [-0.3, -0.25) is 4.79 Å². The highest BCUT2D eigenvalue weighted by atomic mass is 19.1. The van der Waals surface area contributed by atoms with E-state index in [-0.39, 0.29) is 17.6 Å². The molecule has 1 saturated carbocycles. The quantitative estimate of drug-likeness (QED) is 0.644. The van der Waals surface area contributed by atoms with Gasteiger partial charge >= 0.3 is 0 Å². The second-order valence-electron chi connectivity index (χ2n) is 8.84. The maximum absolute atomic E-state index is 13.1. The Morgan fingerprint density at radius 2 is 1.81 bits per heavy atom. The van der Waals surface area contributed by atoms with Crippen molar-refractivity contribution < 1.29 is 9.18 Å². The summed E-state index contributed by atoms with van der Waals surface area (Å²) in [6, 6.07) is 15.2. The van der Waals surface area contributed by atoms with Gasteiger partial charge in [0.2, 0.25) is 11.9 Å². The largest absolute Gasteiger partial charge is 0.352 e. The molecule has 0 radical (unpaired) electrons. The number of nitrogens with one attached hydrogen (secondary N) is 1. The predicted molar refractivity (Wildman–Crippen MR) is 120 cm³/mol. The lowest BCUT2D eigenvalue weighted by Crippen LogP contribution is -2.44. The Bertz CT molecular complexity index is 1060. The molecule has 1 N–H and O–H groups in total. The maximum atomic E-state index is 13.1. The molecule has 0 spiro atoms. The van der Waals surface area contributed by atoms with E-state index in [9.17, 15) is 9.18 Å². The average Bonchev–Trinajstić information content (AvgIpc) is 3.46. The molecule has 0 bridgehead atoms. The van der Waals surface area contributed by atoms with Crippen LogP contribution >= 0.6 is 0 Å². The third-order valence-electron chi connectivity index (χ3n) is 6.72. The van der Waals surface area contributed by atoms with Gasteiger partial charge in [-0.2, -0.15) is 0 Å². The van der Waals surface area contributed by atoms with E-state index in [1.165, 1.54) is 43.3 Å². The van der Waals surface area contributed by atoms with E-state index in [4.69, 9.17) is 4.98 Å². The summed E-state index contributed by atoms with van der Waals surface area (Å²) >= 11 is 0. The van der Waals surface area contributed by atoms with Gasteiger partial charge < -0.3 is 14.8 Å². The Kier molecular flexibility index (Phi) is 5.62. The number of rotatable bonds is 5. The fourth-order valence-electron chi connectivity index (χ4n) is 5.09. The van der Waals surface area contributed by atoms with Gasteiger partial charge in [0, 0.05) is 25.7 Å². The van der Waals surface area contributed by atoms with Gasteiger partial charge in [0.15, 0.2) is 0 Å². The lowest BCUT2D eigenvalue weighted by Gasteiger charge is -2.34. The highest BCUT2D eigenvalue weighted by molar-refractivity contribution is 5.81. The number of aromatic nitrogens is 2. The molecule has 162 valence electrons. The first-order chi connectivity index (χ1) is 15.2. The number of carbonyl (C=O) groups is 1. The molecule has 5 rings (SSSR count). The number of halogens is 1. The molecule has 1 saturated heterocycles. The smallest absolute Gasteiger partial charge is 0.225 e. The second-order valence-corrected chi connectivity index (χ2v) is 8.84. The number of anilines is 1. The first-order valence-corrected chi connectivity index (χ1v) is 11.4. The highest BCUT2D eigenvalue weighted by Crippen LogP contribution is 2.37. The van der Waals surface area contributed by atoms with Crippen LogP contribution in [0.4, 0.5) is 10.3 Å². The zero-order valence-corrected chi connectivity index (χ0v) is 17.8. The third-order valence-corrected chi connectivity index (χ3v) is 6.72. The van der Waals surface area contributed by atoms with Crippen molar-refractivity contribution >= 4 is 22.9 Å². The SMILES string of the molecule is O=C(NCc1ccc(F)cc1)[C@@H]1CCCN(c2nc3ccccc3n2C2CCCC2)C1. The Hall–Kier alpha value is -2.89. The Balaban J connectivity index is 1.33. The Morgan fingerprint density at radius 1 is 1.03 bits per heavy atom. The van der Waals surface area contributed by atoms with Crippen molar-refractivity contribution in [2.75, 3.05) is 18.0 Å². The van der Waals surface area contributed by atoms with Crippen LogP contribution in [0.2, 0.25) is 0 Å². The molecule has 1 atom stereocenters. The van der Waals surface area contributed by atoms with Crippen LogP contribution < -0.4 is 10.2 Å². The molecule has 1 aromatic heterocycles. The zero-order chi connectivity index (χ0) is 21.2. The van der Waals surface area contributed by atoms with Crippen LogP contribution in [-0.2, 0) is 11.3 Å². The molecule has 5 nitrogen and oxygen atoms in total. The topological polar surface area (TPSA) is 50.2 Å². The molecule has 1 amide bonds. The van der Waals surface area contributed by atoms with Crippen LogP contribution in [0.25, 0.3) is 11.0 Å². The third kappa shape index (κ3) is 4.16. The van der Waals surface area contributed by atoms with Crippen LogP contribution in [0.3, 0.4) is 0 Å². The first-order valence-electron chi connectivity index (χ1n) is 11.4. The first kappa shape index (κ1) is 20.0. The Labute approximate surface area is 182 Å². The molecule has 3 aromatic rings. The zero-order valence-electron chi connectivity index (χ0n) is 17.8. The van der Waals surface area contributed by atoms with Gasteiger partial charge in [0.25, 0.3) is 0 Å². The molecule has 2 heterocycles. The minimum Gasteiger partial charge on any atom is -0.352 e. The number of benzene rings is 2. The average molecular weight is 421 g/mol. The number of piperidine rings is 1. The summed E-state index contributed by atoms with van der Waals surface area (Å²) in [5.74, 6) is 0.760. The van der Waals surface area contributed by atoms with Crippen molar-refractivity contribution in [3.05, 3.63) is 59.9 Å². The van der Waals surface area contributed by atoms with Gasteiger partial charge in [-0.05, 0) is 55.5 Å². The van der Waals surface area contributed by atoms with E-state index in [0.717, 1.165) is 36.4 Å². The van der Waals surface area contributed by atoms with Gasteiger partial charge in [0.05, 0.1) is 17.0 Å². The molecule has 0 unspecified atom stereocenters. The molecular weight excluding hydrogens is 391 g/mol. The van der Waals surface area contributed by atoms with Gasteiger partial charge in [-0.25, -0.2) is 9.37 Å². The van der Waals surface area contributed by atoms with Crippen molar-refractivity contribution in [2.45, 2.75) is 51.1 Å².